The minimum absolute atomic E-state index is 0.240. The Labute approximate surface area is 136 Å². The van der Waals surface area contributed by atoms with E-state index >= 15 is 0 Å². The maximum Gasteiger partial charge on any atom is 0.390 e. The van der Waals surface area contributed by atoms with Crippen LogP contribution in [-0.2, 0) is 5.60 Å². The lowest BCUT2D eigenvalue weighted by Gasteiger charge is -2.11. The lowest BCUT2D eigenvalue weighted by atomic mass is 10.1. The summed E-state index contributed by atoms with van der Waals surface area (Å²) in [5.41, 5.74) is 0.0985. The lowest BCUT2D eigenvalue weighted by molar-refractivity contribution is -0.132. The maximum absolute atomic E-state index is 12.1. The van der Waals surface area contributed by atoms with Crippen molar-refractivity contribution < 1.29 is 23.1 Å². The molecule has 0 spiro atoms. The van der Waals surface area contributed by atoms with E-state index in [1.54, 1.807) is 32.2 Å². The molecule has 0 bridgehead atoms. The van der Waals surface area contributed by atoms with Crippen LogP contribution in [0.5, 0.6) is 0 Å². The van der Waals surface area contributed by atoms with Gasteiger partial charge >= 0.3 is 6.18 Å². The van der Waals surface area contributed by atoms with Crippen LogP contribution < -0.4 is 5.32 Å². The summed E-state index contributed by atoms with van der Waals surface area (Å²) in [4.78, 5) is 11.8. The van der Waals surface area contributed by atoms with Gasteiger partial charge in [0.1, 0.15) is 11.3 Å². The van der Waals surface area contributed by atoms with E-state index in [2.05, 4.69) is 15.6 Å². The largest absolute Gasteiger partial charge is 0.390 e. The molecule has 24 heavy (non-hydrogen) atoms. The molecule has 1 aromatic heterocycles. The number of carbonyl (C=O) groups is 1. The molecule has 9 heteroatoms. The SMILES string of the molecule is CC(C)(O)c1cn(-c2ccc(C(=O)NCCC(F)(F)F)cc2)nn1. The third-order valence-electron chi connectivity index (χ3n) is 3.21. The highest BCUT2D eigenvalue weighted by Crippen LogP contribution is 2.19. The molecule has 1 heterocycles. The van der Waals surface area contributed by atoms with Crippen molar-refractivity contribution >= 4 is 5.91 Å². The molecule has 0 atom stereocenters. The summed E-state index contributed by atoms with van der Waals surface area (Å²) >= 11 is 0. The molecule has 0 saturated carbocycles. The van der Waals surface area contributed by atoms with Gasteiger partial charge in [-0.2, -0.15) is 13.2 Å². The predicted molar refractivity (Wildman–Crippen MR) is 79.6 cm³/mol. The van der Waals surface area contributed by atoms with Crippen LogP contribution >= 0.6 is 0 Å². The van der Waals surface area contributed by atoms with Gasteiger partial charge < -0.3 is 10.4 Å². The van der Waals surface area contributed by atoms with Crippen molar-refractivity contribution in [3.8, 4) is 5.69 Å². The third kappa shape index (κ3) is 4.79. The number of halogens is 3. The fraction of sp³-hybridized carbons (Fsp3) is 0.400. The van der Waals surface area contributed by atoms with Crippen molar-refractivity contribution in [3.63, 3.8) is 0 Å². The summed E-state index contributed by atoms with van der Waals surface area (Å²) in [6, 6.07) is 6.12. The maximum atomic E-state index is 12.1. The topological polar surface area (TPSA) is 80.0 Å². The second-order valence-electron chi connectivity index (χ2n) is 5.78. The van der Waals surface area contributed by atoms with Gasteiger partial charge in [-0.05, 0) is 38.1 Å². The van der Waals surface area contributed by atoms with Crippen molar-refractivity contribution in [3.05, 3.63) is 41.7 Å². The van der Waals surface area contributed by atoms with E-state index in [-0.39, 0.29) is 5.56 Å². The molecular formula is C15H17F3N4O2. The molecule has 2 rings (SSSR count). The number of nitrogens with zero attached hydrogens (tertiary/aromatic N) is 3. The minimum Gasteiger partial charge on any atom is -0.384 e. The fourth-order valence-electron chi connectivity index (χ4n) is 1.86. The first-order valence-corrected chi connectivity index (χ1v) is 7.17. The lowest BCUT2D eigenvalue weighted by Crippen LogP contribution is -2.27. The first kappa shape index (κ1) is 17.9. The molecule has 0 radical (unpaired) electrons. The van der Waals surface area contributed by atoms with Gasteiger partial charge in [0.05, 0.1) is 18.3 Å². The molecule has 0 fully saturated rings. The summed E-state index contributed by atoms with van der Waals surface area (Å²) < 4.78 is 37.6. The zero-order valence-corrected chi connectivity index (χ0v) is 13.1. The van der Waals surface area contributed by atoms with E-state index in [0.717, 1.165) is 0 Å². The molecular weight excluding hydrogens is 325 g/mol. The number of aromatic nitrogens is 3. The van der Waals surface area contributed by atoms with Crippen molar-refractivity contribution in [1.82, 2.24) is 20.3 Å². The van der Waals surface area contributed by atoms with Crippen LogP contribution in [0.1, 0.15) is 36.3 Å². The van der Waals surface area contributed by atoms with E-state index in [1.807, 2.05) is 0 Å². The van der Waals surface area contributed by atoms with Crippen molar-refractivity contribution in [1.29, 1.82) is 0 Å². The Morgan fingerprint density at radius 1 is 1.25 bits per heavy atom. The number of amides is 1. The molecule has 2 aromatic rings. The highest BCUT2D eigenvalue weighted by molar-refractivity contribution is 5.94. The molecule has 0 aliphatic rings. The van der Waals surface area contributed by atoms with E-state index in [0.29, 0.717) is 11.4 Å². The molecule has 1 aromatic carbocycles. The van der Waals surface area contributed by atoms with E-state index in [1.165, 1.54) is 16.8 Å². The highest BCUT2D eigenvalue weighted by atomic mass is 19.4. The van der Waals surface area contributed by atoms with Gasteiger partial charge in [0.2, 0.25) is 0 Å². The number of aliphatic hydroxyl groups is 1. The zero-order chi connectivity index (χ0) is 18.0. The Kier molecular flexibility index (Phi) is 4.93. The highest BCUT2D eigenvalue weighted by Gasteiger charge is 2.26. The van der Waals surface area contributed by atoms with Gasteiger partial charge in [-0.1, -0.05) is 5.21 Å². The fourth-order valence-corrected chi connectivity index (χ4v) is 1.86. The minimum atomic E-state index is -4.30. The summed E-state index contributed by atoms with van der Waals surface area (Å²) in [7, 11) is 0. The molecule has 0 aliphatic carbocycles. The van der Waals surface area contributed by atoms with Crippen molar-refractivity contribution in [2.45, 2.75) is 32.0 Å². The van der Waals surface area contributed by atoms with Gasteiger partial charge in [-0.15, -0.1) is 5.10 Å². The number of hydrogen-bond acceptors (Lipinski definition) is 4. The van der Waals surface area contributed by atoms with Crippen LogP contribution in [0.15, 0.2) is 30.5 Å². The number of nitrogens with one attached hydrogen (secondary N) is 1. The average molecular weight is 342 g/mol. The number of hydrogen-bond donors (Lipinski definition) is 2. The summed E-state index contributed by atoms with van der Waals surface area (Å²) in [5, 5.41) is 19.8. The second-order valence-corrected chi connectivity index (χ2v) is 5.78. The first-order chi connectivity index (χ1) is 11.1. The quantitative estimate of drug-likeness (QED) is 0.873. The molecule has 0 unspecified atom stereocenters. The number of benzene rings is 1. The average Bonchev–Trinajstić information content (AvgIpc) is 2.96. The van der Waals surface area contributed by atoms with Gasteiger partial charge in [-0.3, -0.25) is 4.79 Å². The second kappa shape index (κ2) is 6.60. The Morgan fingerprint density at radius 2 is 1.88 bits per heavy atom. The van der Waals surface area contributed by atoms with Gasteiger partial charge in [-0.25, -0.2) is 4.68 Å². The van der Waals surface area contributed by atoms with Crippen molar-refractivity contribution in [2.75, 3.05) is 6.54 Å². The van der Waals surface area contributed by atoms with Crippen LogP contribution in [0, 0.1) is 0 Å². The molecule has 0 aliphatic heterocycles. The number of rotatable bonds is 5. The van der Waals surface area contributed by atoms with Crippen LogP contribution in [0.2, 0.25) is 0 Å². The standard InChI is InChI=1S/C15H17F3N4O2/c1-14(2,24)12-9-22(21-20-12)11-5-3-10(4-6-11)13(23)19-8-7-15(16,17)18/h3-6,9,24H,7-8H2,1-2H3,(H,19,23). The van der Waals surface area contributed by atoms with Crippen LogP contribution in [-0.4, -0.2) is 38.7 Å². The van der Waals surface area contributed by atoms with Gasteiger partial charge in [0, 0.05) is 12.1 Å². The van der Waals surface area contributed by atoms with E-state index in [9.17, 15) is 23.1 Å². The van der Waals surface area contributed by atoms with Crippen LogP contribution in [0.4, 0.5) is 13.2 Å². The van der Waals surface area contributed by atoms with Gasteiger partial charge in [0.25, 0.3) is 5.91 Å². The molecule has 1 amide bonds. The Balaban J connectivity index is 2.02. The monoisotopic (exact) mass is 342 g/mol. The third-order valence-corrected chi connectivity index (χ3v) is 3.21. The summed E-state index contributed by atoms with van der Waals surface area (Å²) in [5.74, 6) is -0.582. The van der Waals surface area contributed by atoms with Crippen LogP contribution in [0.25, 0.3) is 5.69 Å². The molecule has 0 saturated heterocycles. The summed E-state index contributed by atoms with van der Waals surface area (Å²) in [6.07, 6.45) is -3.82. The number of carbonyl (C=O) groups excluding carboxylic acids is 1. The van der Waals surface area contributed by atoms with Crippen molar-refractivity contribution in [2.24, 2.45) is 0 Å². The Hall–Kier alpha value is -2.42. The first-order valence-electron chi connectivity index (χ1n) is 7.17. The van der Waals surface area contributed by atoms with E-state index in [4.69, 9.17) is 0 Å². The Bertz CT molecular complexity index is 703. The smallest absolute Gasteiger partial charge is 0.384 e. The predicted octanol–water partition coefficient (Wildman–Crippen LogP) is 2.18. The zero-order valence-electron chi connectivity index (χ0n) is 13.1. The Morgan fingerprint density at radius 3 is 2.38 bits per heavy atom. The molecule has 6 nitrogen and oxygen atoms in total. The number of alkyl halides is 3. The summed E-state index contributed by atoms with van der Waals surface area (Å²) in [6.45, 7) is 2.69. The normalized spacial score (nSPS) is 12.2. The van der Waals surface area contributed by atoms with Crippen LogP contribution in [0.3, 0.4) is 0 Å². The molecule has 130 valence electrons. The van der Waals surface area contributed by atoms with Gasteiger partial charge in [0.15, 0.2) is 0 Å². The molecule has 2 N–H and O–H groups in total. The van der Waals surface area contributed by atoms with E-state index < -0.39 is 30.7 Å².